The number of likely N-dealkylation sites (N-methyl/N-ethyl adjacent to an activating group) is 1. The number of ketones is 1. The Labute approximate surface area is 123 Å². The topological polar surface area (TPSA) is 75.2 Å². The molecule has 20 heavy (non-hydrogen) atoms. The van der Waals surface area contributed by atoms with Gasteiger partial charge in [0.05, 0.1) is 11.1 Å². The number of anilines is 1. The van der Waals surface area contributed by atoms with Gasteiger partial charge < -0.3 is 5.32 Å². The molecule has 1 unspecified atom stereocenters. The molecule has 1 N–H and O–H groups in total. The van der Waals surface area contributed by atoms with E-state index in [1.807, 2.05) is 11.4 Å². The van der Waals surface area contributed by atoms with Crippen molar-refractivity contribution in [3.8, 4) is 0 Å². The number of aromatic nitrogens is 2. The summed E-state index contributed by atoms with van der Waals surface area (Å²) in [6.07, 6.45) is 4.43. The zero-order chi connectivity index (χ0) is 14.1. The fourth-order valence-corrected chi connectivity index (χ4v) is 3.90. The maximum absolute atomic E-state index is 12.4. The number of Topliss-reactive ketones (excluding diaryl/α,β-unsaturated/α-hetero) is 1. The minimum atomic E-state index is -0.854. The van der Waals surface area contributed by atoms with E-state index in [4.69, 9.17) is 0 Å². The normalized spacial score (nSPS) is 18.6. The van der Waals surface area contributed by atoms with Crippen LogP contribution in [-0.4, -0.2) is 39.1 Å². The number of rotatable bonds is 2. The number of hydrogen-bond donors (Lipinski definition) is 1. The second kappa shape index (κ2) is 5.31. The number of amides is 1. The molecule has 0 radical (unpaired) electrons. The van der Waals surface area contributed by atoms with Gasteiger partial charge in [-0.05, 0) is 30.4 Å². The SMILES string of the molecule is CN1Sc2ccsc2C(=O)C1C(=O)Nc1cnccn1. The molecule has 0 saturated heterocycles. The number of nitrogens with one attached hydrogen (secondary N) is 1. The first kappa shape index (κ1) is 13.2. The van der Waals surface area contributed by atoms with Crippen LogP contribution >= 0.6 is 23.3 Å². The molecule has 1 amide bonds. The molecule has 1 aliphatic rings. The lowest BCUT2D eigenvalue weighted by Crippen LogP contribution is -2.46. The number of nitrogens with zero attached hydrogens (tertiary/aromatic N) is 3. The van der Waals surface area contributed by atoms with Crippen LogP contribution in [0.15, 0.2) is 34.9 Å². The molecule has 2 aromatic heterocycles. The van der Waals surface area contributed by atoms with Crippen LogP contribution in [0.25, 0.3) is 0 Å². The van der Waals surface area contributed by atoms with Crippen LogP contribution in [0.4, 0.5) is 5.82 Å². The molecule has 0 aliphatic carbocycles. The average Bonchev–Trinajstić information content (AvgIpc) is 2.88. The zero-order valence-corrected chi connectivity index (χ0v) is 12.1. The van der Waals surface area contributed by atoms with E-state index in [0.29, 0.717) is 10.7 Å². The number of carbonyl (C=O) groups is 2. The van der Waals surface area contributed by atoms with Gasteiger partial charge in [-0.25, -0.2) is 9.29 Å². The highest BCUT2D eigenvalue weighted by atomic mass is 32.2. The third kappa shape index (κ3) is 2.33. The summed E-state index contributed by atoms with van der Waals surface area (Å²) in [6, 6.07) is 1.03. The van der Waals surface area contributed by atoms with Crippen molar-refractivity contribution in [2.24, 2.45) is 0 Å². The van der Waals surface area contributed by atoms with Crippen molar-refractivity contribution in [2.45, 2.75) is 10.9 Å². The first-order valence-electron chi connectivity index (χ1n) is 5.76. The predicted octanol–water partition coefficient (Wildman–Crippen LogP) is 1.68. The van der Waals surface area contributed by atoms with E-state index in [1.54, 1.807) is 11.4 Å². The largest absolute Gasteiger partial charge is 0.308 e. The van der Waals surface area contributed by atoms with Crippen LogP contribution in [-0.2, 0) is 4.79 Å². The van der Waals surface area contributed by atoms with E-state index in [9.17, 15) is 9.59 Å². The van der Waals surface area contributed by atoms with Crippen molar-refractivity contribution >= 4 is 40.8 Å². The Morgan fingerprint density at radius 2 is 2.30 bits per heavy atom. The summed E-state index contributed by atoms with van der Waals surface area (Å²) in [5.41, 5.74) is 0. The predicted molar refractivity (Wildman–Crippen MR) is 76.7 cm³/mol. The monoisotopic (exact) mass is 306 g/mol. The maximum Gasteiger partial charge on any atom is 0.251 e. The molecule has 3 heterocycles. The molecule has 3 rings (SSSR count). The summed E-state index contributed by atoms with van der Waals surface area (Å²) in [7, 11) is 1.73. The molecule has 1 atom stereocenters. The molecule has 0 saturated carbocycles. The van der Waals surface area contributed by atoms with Crippen LogP contribution in [0.3, 0.4) is 0 Å². The molecule has 1 aliphatic heterocycles. The van der Waals surface area contributed by atoms with E-state index in [-0.39, 0.29) is 5.78 Å². The van der Waals surface area contributed by atoms with Gasteiger partial charge in [-0.2, -0.15) is 0 Å². The fourth-order valence-electron chi connectivity index (χ4n) is 1.89. The Kier molecular flexibility index (Phi) is 3.51. The minimum Gasteiger partial charge on any atom is -0.308 e. The third-order valence-electron chi connectivity index (χ3n) is 2.77. The average molecular weight is 306 g/mol. The Morgan fingerprint density at radius 1 is 1.45 bits per heavy atom. The highest BCUT2D eigenvalue weighted by Gasteiger charge is 2.38. The molecule has 0 fully saturated rings. The van der Waals surface area contributed by atoms with E-state index < -0.39 is 11.9 Å². The molecule has 0 spiro atoms. The minimum absolute atomic E-state index is 0.183. The molecule has 0 aromatic carbocycles. The van der Waals surface area contributed by atoms with Crippen LogP contribution in [0.1, 0.15) is 9.67 Å². The van der Waals surface area contributed by atoms with Crippen LogP contribution in [0.5, 0.6) is 0 Å². The Bertz CT molecular complexity index is 658. The molecule has 6 nitrogen and oxygen atoms in total. The molecule has 8 heteroatoms. The van der Waals surface area contributed by atoms with Gasteiger partial charge >= 0.3 is 0 Å². The molecule has 0 bridgehead atoms. The Hall–Kier alpha value is -1.77. The summed E-state index contributed by atoms with van der Waals surface area (Å²) in [4.78, 5) is 34.0. The second-order valence-corrected chi connectivity index (χ2v) is 6.21. The number of fused-ring (bicyclic) bond motifs is 1. The van der Waals surface area contributed by atoms with E-state index >= 15 is 0 Å². The van der Waals surface area contributed by atoms with Crippen molar-refractivity contribution in [1.82, 2.24) is 14.3 Å². The zero-order valence-electron chi connectivity index (χ0n) is 10.4. The van der Waals surface area contributed by atoms with Crippen LogP contribution in [0.2, 0.25) is 0 Å². The first-order chi connectivity index (χ1) is 9.66. The summed E-state index contributed by atoms with van der Waals surface area (Å²) in [6.45, 7) is 0. The van der Waals surface area contributed by atoms with Gasteiger partial charge in [-0.15, -0.1) is 11.3 Å². The Morgan fingerprint density at radius 3 is 3.05 bits per heavy atom. The fraction of sp³-hybridized carbons (Fsp3) is 0.167. The van der Waals surface area contributed by atoms with Gasteiger partial charge in [0.15, 0.2) is 11.9 Å². The van der Waals surface area contributed by atoms with Gasteiger partial charge in [-0.1, -0.05) is 0 Å². The summed E-state index contributed by atoms with van der Waals surface area (Å²) < 4.78 is 1.66. The molecular formula is C12H10N4O2S2. The smallest absolute Gasteiger partial charge is 0.251 e. The summed E-state index contributed by atoms with van der Waals surface area (Å²) in [5.74, 6) is -0.247. The number of thiophene rings is 1. The Balaban J connectivity index is 1.83. The maximum atomic E-state index is 12.4. The van der Waals surface area contributed by atoms with E-state index in [2.05, 4.69) is 15.3 Å². The third-order valence-corrected chi connectivity index (χ3v) is 4.86. The lowest BCUT2D eigenvalue weighted by atomic mass is 10.1. The lowest BCUT2D eigenvalue weighted by molar-refractivity contribution is -0.118. The van der Waals surface area contributed by atoms with Gasteiger partial charge in [0.1, 0.15) is 0 Å². The lowest BCUT2D eigenvalue weighted by Gasteiger charge is -2.28. The highest BCUT2D eigenvalue weighted by molar-refractivity contribution is 7.97. The van der Waals surface area contributed by atoms with E-state index in [1.165, 1.54) is 41.9 Å². The summed E-state index contributed by atoms with van der Waals surface area (Å²) in [5, 5.41) is 4.47. The number of carbonyl (C=O) groups excluding carboxylic acids is 2. The molecule has 102 valence electrons. The molecule has 2 aromatic rings. The summed E-state index contributed by atoms with van der Waals surface area (Å²) >= 11 is 2.75. The van der Waals surface area contributed by atoms with Gasteiger partial charge in [0.2, 0.25) is 5.78 Å². The van der Waals surface area contributed by atoms with Crippen LogP contribution in [0, 0.1) is 0 Å². The van der Waals surface area contributed by atoms with Crippen LogP contribution < -0.4 is 5.32 Å². The first-order valence-corrected chi connectivity index (χ1v) is 7.41. The van der Waals surface area contributed by atoms with E-state index in [0.717, 1.165) is 4.90 Å². The van der Waals surface area contributed by atoms with Gasteiger partial charge in [-0.3, -0.25) is 14.6 Å². The highest BCUT2D eigenvalue weighted by Crippen LogP contribution is 2.37. The second-order valence-electron chi connectivity index (χ2n) is 4.10. The quantitative estimate of drug-likeness (QED) is 0.672. The molecular weight excluding hydrogens is 296 g/mol. The standard InChI is InChI=1S/C12H10N4O2S2/c1-16-9(10(17)11-7(20-16)2-5-19-11)12(18)15-8-6-13-3-4-14-8/h2-6,9H,1H3,(H,14,15,18). The van der Waals surface area contributed by atoms with Crippen molar-refractivity contribution in [1.29, 1.82) is 0 Å². The number of hydrogen-bond acceptors (Lipinski definition) is 7. The van der Waals surface area contributed by atoms with Crippen molar-refractivity contribution < 1.29 is 9.59 Å². The van der Waals surface area contributed by atoms with Crippen molar-refractivity contribution in [2.75, 3.05) is 12.4 Å². The van der Waals surface area contributed by atoms with Crippen molar-refractivity contribution in [3.05, 3.63) is 34.9 Å². The van der Waals surface area contributed by atoms with Crippen molar-refractivity contribution in [3.63, 3.8) is 0 Å². The van der Waals surface area contributed by atoms with Gasteiger partial charge in [0.25, 0.3) is 5.91 Å². The van der Waals surface area contributed by atoms with Gasteiger partial charge in [0, 0.05) is 17.3 Å².